The summed E-state index contributed by atoms with van der Waals surface area (Å²) in [7, 11) is 0. The Balaban J connectivity index is 0. The fourth-order valence-corrected chi connectivity index (χ4v) is 1.79. The van der Waals surface area contributed by atoms with Crippen LogP contribution in [-0.2, 0) is 4.79 Å². The number of hydrogen-bond acceptors (Lipinski definition) is 3. The Morgan fingerprint density at radius 1 is 1.53 bits per heavy atom. The zero-order chi connectivity index (χ0) is 13.1. The zero-order valence-corrected chi connectivity index (χ0v) is 13.9. The van der Waals surface area contributed by atoms with Crippen LogP contribution >= 0.6 is 40.7 Å². The lowest BCUT2D eigenvalue weighted by Crippen LogP contribution is -2.48. The van der Waals surface area contributed by atoms with Crippen molar-refractivity contribution in [2.24, 2.45) is 5.73 Å². The molecule has 5 nitrogen and oxygen atoms in total. The molecular weight excluding hydrogens is 357 g/mol. The second-order valence-electron chi connectivity index (χ2n) is 4.18. The fourth-order valence-electron chi connectivity index (χ4n) is 1.45. The van der Waals surface area contributed by atoms with Gasteiger partial charge in [-0.1, -0.05) is 13.3 Å². The highest BCUT2D eigenvalue weighted by atomic mass is 79.9. The number of carbonyl (C=O) groups excluding carboxylic acids is 1. The molecule has 0 bridgehead atoms. The highest BCUT2D eigenvalue weighted by molar-refractivity contribution is 9.10. The average Bonchev–Trinajstić information content (AvgIpc) is 2.23. The summed E-state index contributed by atoms with van der Waals surface area (Å²) in [4.78, 5) is 25.8. The summed E-state index contributed by atoms with van der Waals surface area (Å²) in [6, 6.07) is 1.54. The van der Waals surface area contributed by atoms with Gasteiger partial charge in [-0.25, -0.2) is 0 Å². The topological polar surface area (TPSA) is 88.0 Å². The van der Waals surface area contributed by atoms with E-state index >= 15 is 0 Å². The van der Waals surface area contributed by atoms with Gasteiger partial charge in [-0.15, -0.1) is 24.8 Å². The lowest BCUT2D eigenvalue weighted by atomic mass is 9.96. The number of pyridine rings is 1. The Bertz CT molecular complexity index is 477. The average molecular weight is 375 g/mol. The van der Waals surface area contributed by atoms with Crippen molar-refractivity contribution in [3.63, 3.8) is 0 Å². The summed E-state index contributed by atoms with van der Waals surface area (Å²) >= 11 is 3.21. The first kappa shape index (κ1) is 20.8. The van der Waals surface area contributed by atoms with Crippen LogP contribution in [0.3, 0.4) is 0 Å². The molecule has 0 aliphatic rings. The number of aromatic amines is 1. The van der Waals surface area contributed by atoms with E-state index in [1.54, 1.807) is 13.0 Å². The van der Waals surface area contributed by atoms with Gasteiger partial charge in [0.2, 0.25) is 5.91 Å². The van der Waals surface area contributed by atoms with Gasteiger partial charge in [0.05, 0.1) is 5.54 Å². The number of aromatic nitrogens is 1. The summed E-state index contributed by atoms with van der Waals surface area (Å²) < 4.78 is 0.682. The van der Waals surface area contributed by atoms with Crippen LogP contribution in [0.2, 0.25) is 0 Å². The molecule has 1 aromatic heterocycles. The lowest BCUT2D eigenvalue weighted by Gasteiger charge is -2.22. The van der Waals surface area contributed by atoms with E-state index in [2.05, 4.69) is 26.2 Å². The van der Waals surface area contributed by atoms with Gasteiger partial charge in [0.25, 0.3) is 5.56 Å². The highest BCUT2D eigenvalue weighted by Gasteiger charge is 2.27. The minimum Gasteiger partial charge on any atom is -0.326 e. The Morgan fingerprint density at radius 3 is 2.63 bits per heavy atom. The van der Waals surface area contributed by atoms with Crippen LogP contribution < -0.4 is 16.6 Å². The molecule has 0 fully saturated rings. The van der Waals surface area contributed by atoms with E-state index < -0.39 is 5.54 Å². The van der Waals surface area contributed by atoms with E-state index in [0.29, 0.717) is 10.9 Å². The van der Waals surface area contributed by atoms with Gasteiger partial charge in [0.15, 0.2) is 0 Å². The van der Waals surface area contributed by atoms with Crippen LogP contribution in [-0.4, -0.2) is 16.4 Å². The largest absolute Gasteiger partial charge is 0.326 e. The van der Waals surface area contributed by atoms with E-state index in [9.17, 15) is 9.59 Å². The van der Waals surface area contributed by atoms with Crippen molar-refractivity contribution in [3.05, 3.63) is 27.1 Å². The van der Waals surface area contributed by atoms with Crippen molar-refractivity contribution in [2.45, 2.75) is 32.2 Å². The summed E-state index contributed by atoms with van der Waals surface area (Å²) in [6.45, 7) is 3.60. The molecule has 19 heavy (non-hydrogen) atoms. The van der Waals surface area contributed by atoms with Crippen molar-refractivity contribution in [2.75, 3.05) is 5.32 Å². The molecule has 0 aromatic carbocycles. The zero-order valence-electron chi connectivity index (χ0n) is 10.7. The standard InChI is InChI=1S/C11H16BrN3O2.2ClH/c1-3-4-11(2,13)10(17)15-8-5-7(12)6-14-9(8)16;;/h5-6H,3-4,13H2,1-2H3,(H,14,16)(H,15,17);2*1H. The first-order valence-electron chi connectivity index (χ1n) is 5.35. The number of amides is 1. The van der Waals surface area contributed by atoms with Crippen molar-refractivity contribution < 1.29 is 4.79 Å². The van der Waals surface area contributed by atoms with Gasteiger partial charge in [-0.3, -0.25) is 9.59 Å². The minimum absolute atomic E-state index is 0. The summed E-state index contributed by atoms with van der Waals surface area (Å²) in [6.07, 6.45) is 2.87. The van der Waals surface area contributed by atoms with E-state index in [1.165, 1.54) is 6.20 Å². The first-order chi connectivity index (χ1) is 7.86. The van der Waals surface area contributed by atoms with Crippen molar-refractivity contribution in [3.8, 4) is 0 Å². The first-order valence-corrected chi connectivity index (χ1v) is 6.14. The summed E-state index contributed by atoms with van der Waals surface area (Å²) in [5.41, 5.74) is 4.74. The van der Waals surface area contributed by atoms with Crippen LogP contribution in [0.25, 0.3) is 0 Å². The van der Waals surface area contributed by atoms with Crippen LogP contribution in [0.1, 0.15) is 26.7 Å². The molecule has 0 saturated heterocycles. The maximum Gasteiger partial charge on any atom is 0.271 e. The molecular formula is C11H18BrCl2N3O2. The number of carbonyl (C=O) groups is 1. The van der Waals surface area contributed by atoms with E-state index in [1.807, 2.05) is 6.92 Å². The summed E-state index contributed by atoms with van der Waals surface area (Å²) in [5, 5.41) is 2.54. The molecule has 1 amide bonds. The Morgan fingerprint density at radius 2 is 2.11 bits per heavy atom. The van der Waals surface area contributed by atoms with Crippen LogP contribution in [0.15, 0.2) is 21.5 Å². The van der Waals surface area contributed by atoms with Gasteiger partial charge >= 0.3 is 0 Å². The SMILES string of the molecule is CCCC(C)(N)C(=O)Nc1cc(Br)c[nH]c1=O.Cl.Cl. The maximum absolute atomic E-state index is 11.9. The van der Waals surface area contributed by atoms with Crippen molar-refractivity contribution in [1.82, 2.24) is 4.98 Å². The Labute approximate surface area is 132 Å². The monoisotopic (exact) mass is 373 g/mol. The molecule has 8 heteroatoms. The normalized spacial score (nSPS) is 12.6. The molecule has 1 unspecified atom stereocenters. The molecule has 0 aliphatic heterocycles. The molecule has 1 aromatic rings. The molecule has 1 atom stereocenters. The Kier molecular flexibility index (Phi) is 9.37. The number of hydrogen-bond donors (Lipinski definition) is 3. The predicted octanol–water partition coefficient (Wildman–Crippen LogP) is 2.44. The molecule has 0 radical (unpaired) electrons. The number of H-pyrrole nitrogens is 1. The smallest absolute Gasteiger partial charge is 0.271 e. The molecule has 1 rings (SSSR count). The van der Waals surface area contributed by atoms with Gasteiger partial charge in [0, 0.05) is 10.7 Å². The molecule has 4 N–H and O–H groups in total. The predicted molar refractivity (Wildman–Crippen MR) is 85.4 cm³/mol. The number of rotatable bonds is 4. The summed E-state index contributed by atoms with van der Waals surface area (Å²) in [5.74, 6) is -0.358. The Hall–Kier alpha value is -0.560. The van der Waals surface area contributed by atoms with Crippen LogP contribution in [0.4, 0.5) is 5.69 Å². The van der Waals surface area contributed by atoms with E-state index in [0.717, 1.165) is 6.42 Å². The fraction of sp³-hybridized carbons (Fsp3) is 0.455. The minimum atomic E-state index is -0.969. The molecule has 1 heterocycles. The molecule has 110 valence electrons. The van der Waals surface area contributed by atoms with Crippen molar-refractivity contribution >= 4 is 52.3 Å². The molecule has 0 saturated carbocycles. The second-order valence-corrected chi connectivity index (χ2v) is 5.10. The molecule has 0 spiro atoms. The van der Waals surface area contributed by atoms with Gasteiger partial charge in [-0.05, 0) is 35.3 Å². The van der Waals surface area contributed by atoms with E-state index in [4.69, 9.17) is 5.73 Å². The lowest BCUT2D eigenvalue weighted by molar-refractivity contribution is -0.120. The third-order valence-electron chi connectivity index (χ3n) is 2.40. The van der Waals surface area contributed by atoms with E-state index in [-0.39, 0.29) is 42.0 Å². The van der Waals surface area contributed by atoms with Crippen LogP contribution in [0, 0.1) is 0 Å². The maximum atomic E-state index is 11.9. The van der Waals surface area contributed by atoms with Crippen molar-refractivity contribution in [1.29, 1.82) is 0 Å². The van der Waals surface area contributed by atoms with Gasteiger partial charge < -0.3 is 16.0 Å². The number of nitrogens with two attached hydrogens (primary N) is 1. The quantitative estimate of drug-likeness (QED) is 0.756. The third-order valence-corrected chi connectivity index (χ3v) is 2.86. The number of nitrogens with one attached hydrogen (secondary N) is 2. The number of halogens is 3. The van der Waals surface area contributed by atoms with Gasteiger partial charge in [0.1, 0.15) is 5.69 Å². The number of anilines is 1. The van der Waals surface area contributed by atoms with Gasteiger partial charge in [-0.2, -0.15) is 0 Å². The molecule has 0 aliphatic carbocycles. The van der Waals surface area contributed by atoms with Crippen LogP contribution in [0.5, 0.6) is 0 Å². The highest BCUT2D eigenvalue weighted by Crippen LogP contribution is 2.14. The second kappa shape index (κ2) is 8.58. The third kappa shape index (κ3) is 5.95.